The quantitative estimate of drug-likeness (QED) is 0.873. The summed E-state index contributed by atoms with van der Waals surface area (Å²) in [7, 11) is -3.42. The largest absolute Gasteiger partial charge is 0.481 e. The molecule has 1 fully saturated rings. The lowest BCUT2D eigenvalue weighted by molar-refractivity contribution is -0.138. The maximum atomic E-state index is 12.0. The molecule has 0 aromatic heterocycles. The van der Waals surface area contributed by atoms with E-state index in [1.54, 1.807) is 0 Å². The molecule has 1 aromatic rings. The second kappa shape index (κ2) is 6.76. The van der Waals surface area contributed by atoms with E-state index in [4.69, 9.17) is 5.11 Å². The van der Waals surface area contributed by atoms with Crippen molar-refractivity contribution >= 4 is 16.0 Å². The second-order valence-electron chi connectivity index (χ2n) is 5.87. The van der Waals surface area contributed by atoms with E-state index in [9.17, 15) is 13.2 Å². The van der Waals surface area contributed by atoms with E-state index in [1.165, 1.54) is 4.31 Å². The Morgan fingerprint density at radius 3 is 2.45 bits per heavy atom. The first-order chi connectivity index (χ1) is 10.3. The minimum atomic E-state index is -3.42. The molecule has 1 aromatic carbocycles. The highest BCUT2D eigenvalue weighted by Gasteiger charge is 2.38. The number of aliphatic carboxylic acids is 1. The Bertz CT molecular complexity index is 618. The van der Waals surface area contributed by atoms with E-state index in [-0.39, 0.29) is 12.5 Å². The van der Waals surface area contributed by atoms with Crippen LogP contribution in [0.25, 0.3) is 0 Å². The first-order valence-corrected chi connectivity index (χ1v) is 9.09. The van der Waals surface area contributed by atoms with E-state index >= 15 is 0 Å². The molecule has 1 N–H and O–H groups in total. The van der Waals surface area contributed by atoms with Gasteiger partial charge in [-0.15, -0.1) is 0 Å². The maximum Gasteiger partial charge on any atom is 0.305 e. The predicted molar refractivity (Wildman–Crippen MR) is 83.9 cm³/mol. The zero-order valence-electron chi connectivity index (χ0n) is 12.8. The lowest BCUT2D eigenvalue weighted by atomic mass is 10.1. The van der Waals surface area contributed by atoms with Crippen LogP contribution in [-0.4, -0.2) is 60.1 Å². The van der Waals surface area contributed by atoms with Crippen LogP contribution in [0.2, 0.25) is 0 Å². The maximum absolute atomic E-state index is 12.0. The summed E-state index contributed by atoms with van der Waals surface area (Å²) in [5.41, 5.74) is 1.14. The lowest BCUT2D eigenvalue weighted by Gasteiger charge is -2.43. The Kier molecular flexibility index (Phi) is 5.20. The van der Waals surface area contributed by atoms with Crippen LogP contribution in [0.4, 0.5) is 0 Å². The zero-order valence-corrected chi connectivity index (χ0v) is 13.7. The van der Waals surface area contributed by atoms with Crippen molar-refractivity contribution in [1.82, 2.24) is 9.21 Å². The molecule has 1 aliphatic rings. The van der Waals surface area contributed by atoms with Gasteiger partial charge in [0.15, 0.2) is 0 Å². The minimum absolute atomic E-state index is 0.178. The van der Waals surface area contributed by atoms with Crippen molar-refractivity contribution in [3.8, 4) is 0 Å². The average Bonchev–Trinajstić information content (AvgIpc) is 2.36. The molecule has 1 saturated heterocycles. The molecule has 0 aliphatic carbocycles. The first kappa shape index (κ1) is 16.9. The van der Waals surface area contributed by atoms with Gasteiger partial charge in [0.25, 0.3) is 0 Å². The molecule has 0 bridgehead atoms. The number of nitrogens with zero attached hydrogens (tertiary/aromatic N) is 2. The number of sulfonamides is 1. The first-order valence-electron chi connectivity index (χ1n) is 7.24. The van der Waals surface area contributed by atoms with Crippen LogP contribution < -0.4 is 0 Å². The lowest BCUT2D eigenvalue weighted by Crippen LogP contribution is -2.59. The highest BCUT2D eigenvalue weighted by atomic mass is 32.2. The number of carboxylic acids is 1. The minimum Gasteiger partial charge on any atom is -0.481 e. The normalized spacial score (nSPS) is 24.3. The third-order valence-electron chi connectivity index (χ3n) is 3.83. The molecule has 2 rings (SSSR count). The highest BCUT2D eigenvalue weighted by molar-refractivity contribution is 7.88. The van der Waals surface area contributed by atoms with Crippen LogP contribution in [0.5, 0.6) is 0 Å². The Balaban J connectivity index is 2.16. The fourth-order valence-corrected chi connectivity index (χ4v) is 4.59. The van der Waals surface area contributed by atoms with Gasteiger partial charge in [-0.2, -0.15) is 4.31 Å². The van der Waals surface area contributed by atoms with Crippen LogP contribution >= 0.6 is 0 Å². The van der Waals surface area contributed by atoms with Gasteiger partial charge < -0.3 is 5.11 Å². The van der Waals surface area contributed by atoms with Crippen molar-refractivity contribution in [1.29, 1.82) is 0 Å². The third kappa shape index (κ3) is 4.28. The van der Waals surface area contributed by atoms with E-state index in [0.29, 0.717) is 19.6 Å². The van der Waals surface area contributed by atoms with Gasteiger partial charge in [0.1, 0.15) is 0 Å². The van der Waals surface area contributed by atoms with Crippen molar-refractivity contribution in [2.75, 3.05) is 19.3 Å². The summed E-state index contributed by atoms with van der Waals surface area (Å²) < 4.78 is 25.3. The van der Waals surface area contributed by atoms with Gasteiger partial charge >= 0.3 is 5.97 Å². The topological polar surface area (TPSA) is 77.9 Å². The molecule has 1 aliphatic heterocycles. The van der Waals surface area contributed by atoms with Crippen LogP contribution in [0.3, 0.4) is 0 Å². The summed E-state index contributed by atoms with van der Waals surface area (Å²) in [6.07, 6.45) is 0.966. The predicted octanol–water partition coefficient (Wildman–Crippen LogP) is 0.996. The fourth-order valence-electron chi connectivity index (χ4n) is 3.19. The monoisotopic (exact) mass is 326 g/mol. The van der Waals surface area contributed by atoms with Gasteiger partial charge in [0.2, 0.25) is 10.0 Å². The fraction of sp³-hybridized carbons (Fsp3) is 0.533. The van der Waals surface area contributed by atoms with Crippen molar-refractivity contribution in [2.45, 2.75) is 32.0 Å². The van der Waals surface area contributed by atoms with E-state index < -0.39 is 22.0 Å². The highest BCUT2D eigenvalue weighted by Crippen LogP contribution is 2.23. The molecule has 0 unspecified atom stereocenters. The van der Waals surface area contributed by atoms with E-state index in [0.717, 1.165) is 11.8 Å². The number of hydrogen-bond acceptors (Lipinski definition) is 4. The van der Waals surface area contributed by atoms with Crippen LogP contribution in [0, 0.1) is 0 Å². The summed E-state index contributed by atoms with van der Waals surface area (Å²) in [5, 5.41) is 9.07. The van der Waals surface area contributed by atoms with Gasteiger partial charge in [0, 0.05) is 31.7 Å². The third-order valence-corrected chi connectivity index (χ3v) is 5.25. The van der Waals surface area contributed by atoms with Gasteiger partial charge in [-0.3, -0.25) is 9.69 Å². The molecular weight excluding hydrogens is 304 g/mol. The molecule has 0 amide bonds. The molecular formula is C15H22N2O4S. The van der Waals surface area contributed by atoms with E-state index in [2.05, 4.69) is 4.90 Å². The molecule has 7 heteroatoms. The van der Waals surface area contributed by atoms with Crippen LogP contribution in [0.1, 0.15) is 18.9 Å². The Labute approximate surface area is 131 Å². The number of hydrogen-bond donors (Lipinski definition) is 1. The van der Waals surface area contributed by atoms with Gasteiger partial charge in [-0.05, 0) is 12.5 Å². The van der Waals surface area contributed by atoms with Gasteiger partial charge in [0.05, 0.1) is 12.7 Å². The summed E-state index contributed by atoms with van der Waals surface area (Å²) in [4.78, 5) is 13.2. The number of carboxylic acid groups (broad SMARTS) is 1. The average molecular weight is 326 g/mol. The zero-order chi connectivity index (χ0) is 16.3. The molecule has 122 valence electrons. The summed E-state index contributed by atoms with van der Waals surface area (Å²) in [5.74, 6) is -0.979. The van der Waals surface area contributed by atoms with Crippen molar-refractivity contribution < 1.29 is 18.3 Å². The standard InChI is InChI=1S/C15H22N2O4S/c1-12-9-16(10-13-6-4-3-5-7-13)11-14(8-15(18)19)17(12)22(2,20)21/h3-7,12,14H,8-11H2,1-2H3,(H,18,19)/t12-,14-/m0/s1. The Morgan fingerprint density at radius 2 is 1.91 bits per heavy atom. The van der Waals surface area contributed by atoms with E-state index in [1.807, 2.05) is 37.3 Å². The molecule has 22 heavy (non-hydrogen) atoms. The van der Waals surface area contributed by atoms with Crippen molar-refractivity contribution in [3.05, 3.63) is 35.9 Å². The molecule has 1 heterocycles. The molecule has 2 atom stereocenters. The molecule has 0 saturated carbocycles. The van der Waals surface area contributed by atoms with Crippen LogP contribution in [0.15, 0.2) is 30.3 Å². The Morgan fingerprint density at radius 1 is 1.27 bits per heavy atom. The van der Waals surface area contributed by atoms with Crippen molar-refractivity contribution in [3.63, 3.8) is 0 Å². The summed E-state index contributed by atoms with van der Waals surface area (Å²) >= 11 is 0. The van der Waals surface area contributed by atoms with Gasteiger partial charge in [-0.25, -0.2) is 8.42 Å². The van der Waals surface area contributed by atoms with Crippen LogP contribution in [-0.2, 0) is 21.4 Å². The summed E-state index contributed by atoms with van der Waals surface area (Å²) in [6.45, 7) is 3.54. The molecule has 0 radical (unpaired) electrons. The molecule has 6 nitrogen and oxygen atoms in total. The summed E-state index contributed by atoms with van der Waals surface area (Å²) in [6, 6.07) is 9.12. The number of carbonyl (C=O) groups is 1. The number of piperazine rings is 1. The second-order valence-corrected chi connectivity index (χ2v) is 7.76. The number of benzene rings is 1. The smallest absolute Gasteiger partial charge is 0.305 e. The van der Waals surface area contributed by atoms with Crippen molar-refractivity contribution in [2.24, 2.45) is 0 Å². The number of rotatable bonds is 5. The van der Waals surface area contributed by atoms with Gasteiger partial charge in [-0.1, -0.05) is 30.3 Å². The SMILES string of the molecule is C[C@H]1CN(Cc2ccccc2)C[C@H](CC(=O)O)N1S(C)(=O)=O. The molecule has 0 spiro atoms. The Hall–Kier alpha value is -1.44.